The molecule has 90 valence electrons. The largest absolute Gasteiger partial charge is 0.389 e. The van der Waals surface area contributed by atoms with Crippen molar-refractivity contribution in [1.82, 2.24) is 0 Å². The number of para-hydroxylation sites is 1. The van der Waals surface area contributed by atoms with Gasteiger partial charge in [-0.1, -0.05) is 12.1 Å². The van der Waals surface area contributed by atoms with Crippen LogP contribution < -0.4 is 5.32 Å². The van der Waals surface area contributed by atoms with Gasteiger partial charge in [0.1, 0.15) is 6.07 Å². The van der Waals surface area contributed by atoms with Crippen LogP contribution in [0, 0.1) is 11.3 Å². The fourth-order valence-corrected chi connectivity index (χ4v) is 1.16. The van der Waals surface area contributed by atoms with Gasteiger partial charge in [-0.2, -0.15) is 18.4 Å². The second-order valence-electron chi connectivity index (χ2n) is 3.32. The van der Waals surface area contributed by atoms with Crippen molar-refractivity contribution in [2.75, 3.05) is 5.32 Å². The lowest BCUT2D eigenvalue weighted by Crippen LogP contribution is -2.17. The molecule has 3 nitrogen and oxygen atoms in total. The number of anilines is 1. The van der Waals surface area contributed by atoms with Crippen LogP contribution in [0.15, 0.2) is 24.3 Å². The summed E-state index contributed by atoms with van der Waals surface area (Å²) in [5, 5.41) is 11.0. The molecule has 0 atom stereocenters. The molecule has 1 aromatic carbocycles. The smallest absolute Gasteiger partial charge is 0.325 e. The normalized spacial score (nSPS) is 10.7. The highest BCUT2D eigenvalue weighted by Gasteiger charge is 2.27. The van der Waals surface area contributed by atoms with Gasteiger partial charge in [-0.15, -0.1) is 0 Å². The van der Waals surface area contributed by atoms with Gasteiger partial charge in [-0.25, -0.2) is 0 Å². The van der Waals surface area contributed by atoms with Gasteiger partial charge in [0.25, 0.3) is 0 Å². The number of hydrogen-bond acceptors (Lipinski definition) is 2. The van der Waals surface area contributed by atoms with E-state index in [9.17, 15) is 18.0 Å². The molecule has 17 heavy (non-hydrogen) atoms. The number of nitrogens with one attached hydrogen (secondary N) is 1. The van der Waals surface area contributed by atoms with E-state index in [1.54, 1.807) is 12.1 Å². The molecule has 0 saturated carbocycles. The topological polar surface area (TPSA) is 52.9 Å². The van der Waals surface area contributed by atoms with Crippen molar-refractivity contribution in [2.24, 2.45) is 0 Å². The van der Waals surface area contributed by atoms with Gasteiger partial charge in [-0.3, -0.25) is 4.79 Å². The number of carbonyl (C=O) groups excluding carboxylic acids is 1. The van der Waals surface area contributed by atoms with Crippen LogP contribution in [0.4, 0.5) is 18.9 Å². The van der Waals surface area contributed by atoms with E-state index in [-0.39, 0.29) is 11.3 Å². The van der Waals surface area contributed by atoms with Crippen molar-refractivity contribution < 1.29 is 18.0 Å². The molecule has 0 aliphatic heterocycles. The zero-order valence-corrected chi connectivity index (χ0v) is 8.71. The average Bonchev–Trinajstić information content (AvgIpc) is 2.26. The summed E-state index contributed by atoms with van der Waals surface area (Å²) in [6, 6.07) is 7.95. The summed E-state index contributed by atoms with van der Waals surface area (Å²) in [7, 11) is 0. The summed E-state index contributed by atoms with van der Waals surface area (Å²) < 4.78 is 35.6. The first-order chi connectivity index (χ1) is 7.92. The Morgan fingerprint density at radius 3 is 2.59 bits per heavy atom. The Balaban J connectivity index is 2.60. The highest BCUT2D eigenvalue weighted by Crippen LogP contribution is 2.22. The lowest BCUT2D eigenvalue weighted by molar-refractivity contribution is -0.142. The summed E-state index contributed by atoms with van der Waals surface area (Å²) in [5.74, 6) is -0.759. The van der Waals surface area contributed by atoms with Crippen LogP contribution >= 0.6 is 0 Å². The van der Waals surface area contributed by atoms with Crippen LogP contribution in [0.3, 0.4) is 0 Å². The monoisotopic (exact) mass is 242 g/mol. The SMILES string of the molecule is N#Cc1ccccc1NC(=O)CCC(F)(F)F. The summed E-state index contributed by atoms with van der Waals surface area (Å²) in [4.78, 5) is 11.2. The van der Waals surface area contributed by atoms with Crippen molar-refractivity contribution in [1.29, 1.82) is 5.26 Å². The van der Waals surface area contributed by atoms with Crippen LogP contribution in [0.2, 0.25) is 0 Å². The second kappa shape index (κ2) is 5.34. The van der Waals surface area contributed by atoms with Crippen LogP contribution in [0.25, 0.3) is 0 Å². The van der Waals surface area contributed by atoms with Crippen molar-refractivity contribution in [3.05, 3.63) is 29.8 Å². The maximum absolute atomic E-state index is 11.9. The number of nitriles is 1. The fourth-order valence-electron chi connectivity index (χ4n) is 1.16. The van der Waals surface area contributed by atoms with Gasteiger partial charge in [0.15, 0.2) is 0 Å². The first-order valence-electron chi connectivity index (χ1n) is 4.78. The van der Waals surface area contributed by atoms with Crippen LogP contribution in [0.5, 0.6) is 0 Å². The molecule has 0 unspecified atom stereocenters. The standard InChI is InChI=1S/C11H9F3N2O/c12-11(13,14)6-5-10(17)16-9-4-2-1-3-8(9)7-15/h1-4H,5-6H2,(H,16,17). The van der Waals surface area contributed by atoms with Gasteiger partial charge < -0.3 is 5.32 Å². The number of halogens is 3. The van der Waals surface area contributed by atoms with Gasteiger partial charge in [-0.05, 0) is 12.1 Å². The zero-order chi connectivity index (χ0) is 12.9. The molecule has 0 fully saturated rings. The summed E-state index contributed by atoms with van der Waals surface area (Å²) in [5.41, 5.74) is 0.440. The minimum absolute atomic E-state index is 0.216. The molecular weight excluding hydrogens is 233 g/mol. The molecule has 1 N–H and O–H groups in total. The van der Waals surface area contributed by atoms with Crippen molar-refractivity contribution in [3.8, 4) is 6.07 Å². The summed E-state index contributed by atoms with van der Waals surface area (Å²) in [6.45, 7) is 0. The van der Waals surface area contributed by atoms with Crippen molar-refractivity contribution in [2.45, 2.75) is 19.0 Å². The highest BCUT2D eigenvalue weighted by molar-refractivity contribution is 5.92. The molecule has 0 aromatic heterocycles. The van der Waals surface area contributed by atoms with Gasteiger partial charge >= 0.3 is 6.18 Å². The molecule has 1 amide bonds. The summed E-state index contributed by atoms with van der Waals surface area (Å²) in [6.07, 6.45) is -6.18. The molecule has 0 aliphatic carbocycles. The van der Waals surface area contributed by atoms with Crippen molar-refractivity contribution in [3.63, 3.8) is 0 Å². The Kier molecular flexibility index (Phi) is 4.10. The van der Waals surface area contributed by atoms with Crippen LogP contribution in [-0.4, -0.2) is 12.1 Å². The van der Waals surface area contributed by atoms with Crippen molar-refractivity contribution >= 4 is 11.6 Å². The minimum atomic E-state index is -4.36. The Morgan fingerprint density at radius 1 is 1.35 bits per heavy atom. The molecule has 0 radical (unpaired) electrons. The predicted molar refractivity (Wildman–Crippen MR) is 55.1 cm³/mol. The molecule has 0 saturated heterocycles. The Bertz CT molecular complexity index is 449. The fraction of sp³-hybridized carbons (Fsp3) is 0.273. The maximum atomic E-state index is 11.9. The van der Waals surface area contributed by atoms with E-state index in [1.165, 1.54) is 12.1 Å². The molecule has 1 aromatic rings. The minimum Gasteiger partial charge on any atom is -0.325 e. The van der Waals surface area contributed by atoms with E-state index in [0.717, 1.165) is 0 Å². The average molecular weight is 242 g/mol. The van der Waals surface area contributed by atoms with Gasteiger partial charge in [0, 0.05) is 6.42 Å². The number of benzene rings is 1. The quantitative estimate of drug-likeness (QED) is 0.886. The number of amides is 1. The molecule has 0 aliphatic rings. The number of carbonyl (C=O) groups is 1. The molecule has 1 rings (SSSR count). The van der Waals surface area contributed by atoms with E-state index in [0.29, 0.717) is 0 Å². The van der Waals surface area contributed by atoms with E-state index in [2.05, 4.69) is 5.32 Å². The van der Waals surface area contributed by atoms with Crippen LogP contribution in [-0.2, 0) is 4.79 Å². The second-order valence-corrected chi connectivity index (χ2v) is 3.32. The number of nitrogens with zero attached hydrogens (tertiary/aromatic N) is 1. The maximum Gasteiger partial charge on any atom is 0.389 e. The molecule has 0 spiro atoms. The molecule has 6 heteroatoms. The van der Waals surface area contributed by atoms with E-state index >= 15 is 0 Å². The third kappa shape index (κ3) is 4.55. The van der Waals surface area contributed by atoms with Gasteiger partial charge in [0.05, 0.1) is 17.7 Å². The van der Waals surface area contributed by atoms with Gasteiger partial charge in [0.2, 0.25) is 5.91 Å². The summed E-state index contributed by atoms with van der Waals surface area (Å²) >= 11 is 0. The lowest BCUT2D eigenvalue weighted by Gasteiger charge is -2.08. The number of rotatable bonds is 3. The highest BCUT2D eigenvalue weighted by atomic mass is 19.4. The molecular formula is C11H9F3N2O. The third-order valence-electron chi connectivity index (χ3n) is 1.96. The van der Waals surface area contributed by atoms with E-state index in [1.807, 2.05) is 6.07 Å². The predicted octanol–water partition coefficient (Wildman–Crippen LogP) is 2.84. The Morgan fingerprint density at radius 2 is 2.00 bits per heavy atom. The van der Waals surface area contributed by atoms with E-state index < -0.39 is 24.9 Å². The van der Waals surface area contributed by atoms with Crippen LogP contribution in [0.1, 0.15) is 18.4 Å². The first-order valence-corrected chi connectivity index (χ1v) is 4.78. The zero-order valence-electron chi connectivity index (χ0n) is 8.71. The molecule has 0 heterocycles. The lowest BCUT2D eigenvalue weighted by atomic mass is 10.2. The van der Waals surface area contributed by atoms with E-state index in [4.69, 9.17) is 5.26 Å². The number of hydrogen-bond donors (Lipinski definition) is 1. The number of alkyl halides is 3. The molecule has 0 bridgehead atoms. The Hall–Kier alpha value is -2.03. The first kappa shape index (κ1) is 13.0. The Labute approximate surface area is 95.9 Å². The third-order valence-corrected chi connectivity index (χ3v) is 1.96.